The number of piperidine rings is 1. The SMILES string of the molecule is CCOC(=O)C1CC1C1CC2(CC(C)N1)OCCc1cc(Cl)sc12. The Morgan fingerprint density at radius 3 is 3.17 bits per heavy atom. The summed E-state index contributed by atoms with van der Waals surface area (Å²) in [4.78, 5) is 13.3. The van der Waals surface area contributed by atoms with E-state index in [1.54, 1.807) is 11.3 Å². The molecule has 5 atom stereocenters. The maximum atomic E-state index is 12.0. The van der Waals surface area contributed by atoms with Crippen molar-refractivity contribution in [3.05, 3.63) is 20.8 Å². The number of hydrogen-bond acceptors (Lipinski definition) is 5. The molecule has 0 amide bonds. The highest BCUT2D eigenvalue weighted by molar-refractivity contribution is 7.16. The standard InChI is InChI=1S/C18H24ClNO3S/c1-3-22-17(21)13-7-12(13)14-9-18(8-10(2)20-14)16-11(4-5-23-18)6-15(19)24-16/h6,10,12-14,20H,3-5,7-9H2,1-2H3. The molecule has 1 N–H and O–H groups in total. The van der Waals surface area contributed by atoms with Gasteiger partial charge in [-0.25, -0.2) is 0 Å². The van der Waals surface area contributed by atoms with Gasteiger partial charge in [-0.2, -0.15) is 0 Å². The number of nitrogens with one attached hydrogen (secondary N) is 1. The van der Waals surface area contributed by atoms with Gasteiger partial charge in [0, 0.05) is 17.0 Å². The second-order valence-corrected chi connectivity index (χ2v) is 9.02. The van der Waals surface area contributed by atoms with E-state index >= 15 is 0 Å². The number of halogens is 1. The Labute approximate surface area is 151 Å². The van der Waals surface area contributed by atoms with Crippen LogP contribution in [0.5, 0.6) is 0 Å². The molecule has 2 aliphatic heterocycles. The number of fused-ring (bicyclic) bond motifs is 2. The Morgan fingerprint density at radius 1 is 1.54 bits per heavy atom. The van der Waals surface area contributed by atoms with E-state index in [-0.39, 0.29) is 17.5 Å². The summed E-state index contributed by atoms with van der Waals surface area (Å²) in [5.41, 5.74) is 1.12. The van der Waals surface area contributed by atoms with E-state index in [1.807, 2.05) is 6.92 Å². The van der Waals surface area contributed by atoms with E-state index in [9.17, 15) is 4.79 Å². The molecule has 1 spiro atoms. The van der Waals surface area contributed by atoms with Crippen molar-refractivity contribution in [1.29, 1.82) is 0 Å². The van der Waals surface area contributed by atoms with Crippen LogP contribution in [0.1, 0.15) is 43.6 Å². The van der Waals surface area contributed by atoms with Gasteiger partial charge in [-0.05, 0) is 57.1 Å². The third kappa shape index (κ3) is 2.90. The number of thiophene rings is 1. The van der Waals surface area contributed by atoms with Gasteiger partial charge in [0.2, 0.25) is 0 Å². The van der Waals surface area contributed by atoms with Crippen LogP contribution >= 0.6 is 22.9 Å². The molecule has 1 saturated heterocycles. The van der Waals surface area contributed by atoms with Crippen LogP contribution in [0.3, 0.4) is 0 Å². The molecular formula is C18H24ClNO3S. The second kappa shape index (κ2) is 6.27. The van der Waals surface area contributed by atoms with Crippen LogP contribution in [-0.4, -0.2) is 31.3 Å². The van der Waals surface area contributed by atoms with Gasteiger partial charge in [0.1, 0.15) is 5.60 Å². The Kier molecular flexibility index (Phi) is 4.40. The topological polar surface area (TPSA) is 47.6 Å². The first-order chi connectivity index (χ1) is 11.5. The summed E-state index contributed by atoms with van der Waals surface area (Å²) in [5.74, 6) is 0.383. The fraction of sp³-hybridized carbons (Fsp3) is 0.722. The highest BCUT2D eigenvalue weighted by Crippen LogP contribution is 2.52. The highest BCUT2D eigenvalue weighted by atomic mass is 35.5. The van der Waals surface area contributed by atoms with E-state index in [1.165, 1.54) is 10.4 Å². The van der Waals surface area contributed by atoms with Gasteiger partial charge in [-0.15, -0.1) is 11.3 Å². The summed E-state index contributed by atoms with van der Waals surface area (Å²) in [5, 5.41) is 3.70. The molecule has 0 bridgehead atoms. The van der Waals surface area contributed by atoms with Gasteiger partial charge in [-0.3, -0.25) is 4.79 Å². The molecule has 0 radical (unpaired) electrons. The largest absolute Gasteiger partial charge is 0.466 e. The molecule has 4 nitrogen and oxygen atoms in total. The minimum Gasteiger partial charge on any atom is -0.466 e. The summed E-state index contributed by atoms with van der Waals surface area (Å²) in [6.07, 6.45) is 3.75. The van der Waals surface area contributed by atoms with Crippen molar-refractivity contribution in [3.63, 3.8) is 0 Å². The molecule has 4 rings (SSSR count). The predicted octanol–water partition coefficient (Wildman–Crippen LogP) is 3.51. The third-order valence-electron chi connectivity index (χ3n) is 5.57. The first-order valence-corrected chi connectivity index (χ1v) is 10.1. The molecule has 5 unspecified atom stereocenters. The molecule has 3 heterocycles. The molecule has 1 saturated carbocycles. The molecule has 1 aromatic heterocycles. The van der Waals surface area contributed by atoms with Gasteiger partial charge >= 0.3 is 5.97 Å². The van der Waals surface area contributed by atoms with Crippen LogP contribution in [0.2, 0.25) is 4.34 Å². The van der Waals surface area contributed by atoms with Gasteiger partial charge < -0.3 is 14.8 Å². The average Bonchev–Trinajstić information content (AvgIpc) is 3.23. The summed E-state index contributed by atoms with van der Waals surface area (Å²) in [6, 6.07) is 2.76. The van der Waals surface area contributed by atoms with Crippen LogP contribution in [0.25, 0.3) is 0 Å². The van der Waals surface area contributed by atoms with Gasteiger partial charge in [0.25, 0.3) is 0 Å². The Hall–Kier alpha value is -0.620. The van der Waals surface area contributed by atoms with E-state index in [0.29, 0.717) is 24.6 Å². The normalized spacial score (nSPS) is 38.0. The maximum absolute atomic E-state index is 12.0. The quantitative estimate of drug-likeness (QED) is 0.828. The molecule has 1 aliphatic carbocycles. The molecule has 6 heteroatoms. The molecule has 3 aliphatic rings. The molecule has 24 heavy (non-hydrogen) atoms. The fourth-order valence-electron chi connectivity index (χ4n) is 4.56. The van der Waals surface area contributed by atoms with Crippen molar-refractivity contribution in [2.75, 3.05) is 13.2 Å². The van der Waals surface area contributed by atoms with Gasteiger partial charge in [0.15, 0.2) is 0 Å². The van der Waals surface area contributed by atoms with Crippen molar-refractivity contribution in [3.8, 4) is 0 Å². The van der Waals surface area contributed by atoms with E-state index in [0.717, 1.165) is 36.6 Å². The Bertz CT molecular complexity index is 648. The number of hydrogen-bond donors (Lipinski definition) is 1. The van der Waals surface area contributed by atoms with Crippen LogP contribution < -0.4 is 5.32 Å². The monoisotopic (exact) mass is 369 g/mol. The fourth-order valence-corrected chi connectivity index (χ4v) is 6.03. The van der Waals surface area contributed by atoms with Crippen LogP contribution in [0, 0.1) is 11.8 Å². The lowest BCUT2D eigenvalue weighted by Gasteiger charge is -2.46. The van der Waals surface area contributed by atoms with E-state index in [2.05, 4.69) is 18.3 Å². The molecule has 132 valence electrons. The molecule has 1 aromatic rings. The number of ether oxygens (including phenoxy) is 2. The zero-order chi connectivity index (χ0) is 16.9. The smallest absolute Gasteiger partial charge is 0.309 e. The molecule has 2 fully saturated rings. The highest BCUT2D eigenvalue weighted by Gasteiger charge is 2.54. The van der Waals surface area contributed by atoms with Crippen molar-refractivity contribution in [2.45, 2.75) is 57.2 Å². The summed E-state index contributed by atoms with van der Waals surface area (Å²) >= 11 is 7.95. The first-order valence-electron chi connectivity index (χ1n) is 8.88. The van der Waals surface area contributed by atoms with E-state index in [4.69, 9.17) is 21.1 Å². The first kappa shape index (κ1) is 16.8. The molecule has 0 aromatic carbocycles. The minimum atomic E-state index is -0.234. The summed E-state index contributed by atoms with van der Waals surface area (Å²) in [7, 11) is 0. The van der Waals surface area contributed by atoms with Gasteiger partial charge in [-0.1, -0.05) is 11.6 Å². The zero-order valence-corrected chi connectivity index (χ0v) is 15.7. The lowest BCUT2D eigenvalue weighted by molar-refractivity contribution is -0.145. The predicted molar refractivity (Wildman–Crippen MR) is 94.5 cm³/mol. The molecular weight excluding hydrogens is 346 g/mol. The lowest BCUT2D eigenvalue weighted by Crippen LogP contribution is -2.54. The van der Waals surface area contributed by atoms with Crippen molar-refractivity contribution in [1.82, 2.24) is 5.32 Å². The van der Waals surface area contributed by atoms with Crippen LogP contribution in [0.4, 0.5) is 0 Å². The lowest BCUT2D eigenvalue weighted by atomic mass is 9.78. The Balaban J connectivity index is 1.55. The summed E-state index contributed by atoms with van der Waals surface area (Å²) in [6.45, 7) is 5.29. The average molecular weight is 370 g/mol. The van der Waals surface area contributed by atoms with Crippen LogP contribution in [0.15, 0.2) is 6.07 Å². The van der Waals surface area contributed by atoms with Crippen molar-refractivity contribution < 1.29 is 14.3 Å². The number of carbonyl (C=O) groups is 1. The van der Waals surface area contributed by atoms with Crippen molar-refractivity contribution in [2.24, 2.45) is 11.8 Å². The van der Waals surface area contributed by atoms with E-state index < -0.39 is 0 Å². The third-order valence-corrected chi connectivity index (χ3v) is 7.06. The van der Waals surface area contributed by atoms with Crippen LogP contribution in [-0.2, 0) is 26.3 Å². The maximum Gasteiger partial charge on any atom is 0.309 e. The van der Waals surface area contributed by atoms with Crippen molar-refractivity contribution >= 4 is 28.9 Å². The number of carbonyl (C=O) groups excluding carboxylic acids is 1. The summed E-state index contributed by atoms with van der Waals surface area (Å²) < 4.78 is 12.4. The van der Waals surface area contributed by atoms with Gasteiger partial charge in [0.05, 0.1) is 23.5 Å². The zero-order valence-electron chi connectivity index (χ0n) is 14.1. The second-order valence-electron chi connectivity index (χ2n) is 7.34. The number of esters is 1. The Morgan fingerprint density at radius 2 is 2.38 bits per heavy atom. The minimum absolute atomic E-state index is 0.0407. The number of rotatable bonds is 3.